The van der Waals surface area contributed by atoms with Crippen molar-refractivity contribution in [2.24, 2.45) is 0 Å². The Bertz CT molecular complexity index is 513. The highest BCUT2D eigenvalue weighted by atomic mass is 32.1. The molecule has 22 heavy (non-hydrogen) atoms. The van der Waals surface area contributed by atoms with Crippen LogP contribution in [0.5, 0.6) is 0 Å². The monoisotopic (exact) mass is 324 g/mol. The number of carbonyl (C=O) groups excluding carboxylic acids is 1. The molecule has 3 rings (SSSR count). The van der Waals surface area contributed by atoms with Gasteiger partial charge in [-0.3, -0.25) is 4.90 Å². The summed E-state index contributed by atoms with van der Waals surface area (Å²) in [5, 5.41) is 10.4. The summed E-state index contributed by atoms with van der Waals surface area (Å²) in [6.07, 6.45) is 5.92. The van der Waals surface area contributed by atoms with Crippen LogP contribution >= 0.6 is 11.3 Å². The van der Waals surface area contributed by atoms with Crippen LogP contribution in [-0.4, -0.2) is 54.0 Å². The molecule has 0 N–H and O–H groups in total. The third kappa shape index (κ3) is 3.25. The Morgan fingerprint density at radius 3 is 2.64 bits per heavy atom. The van der Waals surface area contributed by atoms with Gasteiger partial charge in [-0.15, -0.1) is 10.2 Å². The molecule has 1 aliphatic carbocycles. The lowest BCUT2D eigenvalue weighted by Gasteiger charge is -2.27. The second kappa shape index (κ2) is 6.91. The highest BCUT2D eigenvalue weighted by molar-refractivity contribution is 7.15. The van der Waals surface area contributed by atoms with E-state index in [0.29, 0.717) is 18.6 Å². The minimum Gasteiger partial charge on any atom is -0.378 e. The van der Waals surface area contributed by atoms with Crippen LogP contribution in [0.25, 0.3) is 0 Å². The summed E-state index contributed by atoms with van der Waals surface area (Å²) in [6.45, 7) is 4.48. The van der Waals surface area contributed by atoms with Crippen molar-refractivity contribution >= 4 is 22.5 Å². The maximum Gasteiger partial charge on any atom is 0.326 e. The molecule has 0 atom stereocenters. The molecular weight excluding hydrogens is 300 g/mol. The first-order chi connectivity index (χ1) is 10.7. The fourth-order valence-electron chi connectivity index (χ4n) is 3.09. The third-order valence-corrected chi connectivity index (χ3v) is 5.57. The summed E-state index contributed by atoms with van der Waals surface area (Å²) in [5.74, 6) is 0.475. The van der Waals surface area contributed by atoms with Crippen LogP contribution in [-0.2, 0) is 4.74 Å². The molecule has 1 saturated heterocycles. The van der Waals surface area contributed by atoms with E-state index in [9.17, 15) is 4.79 Å². The number of ether oxygens (including phenoxy) is 1. The van der Waals surface area contributed by atoms with Crippen molar-refractivity contribution in [3.63, 3.8) is 0 Å². The van der Waals surface area contributed by atoms with Gasteiger partial charge in [-0.25, -0.2) is 4.79 Å². The molecule has 2 fully saturated rings. The first kappa shape index (κ1) is 15.7. The molecule has 2 heterocycles. The van der Waals surface area contributed by atoms with Gasteiger partial charge < -0.3 is 9.64 Å². The Hall–Kier alpha value is -1.21. The smallest absolute Gasteiger partial charge is 0.326 e. The van der Waals surface area contributed by atoms with Crippen LogP contribution in [0, 0.1) is 0 Å². The number of likely N-dealkylation sites (N-methyl/N-ethyl adjacent to an activating group) is 1. The average molecular weight is 324 g/mol. The van der Waals surface area contributed by atoms with Gasteiger partial charge in [-0.2, -0.15) is 0 Å². The lowest BCUT2D eigenvalue weighted by molar-refractivity contribution is 0.0251. The molecule has 2 amide bonds. The minimum absolute atomic E-state index is 0.0272. The molecule has 0 radical (unpaired) electrons. The lowest BCUT2D eigenvalue weighted by atomic mass is 9.88. The van der Waals surface area contributed by atoms with E-state index in [1.54, 1.807) is 21.1 Å². The third-order valence-electron chi connectivity index (χ3n) is 4.46. The lowest BCUT2D eigenvalue weighted by Crippen LogP contribution is -2.29. The first-order valence-corrected chi connectivity index (χ1v) is 8.98. The molecule has 1 aliphatic heterocycles. The zero-order chi connectivity index (χ0) is 15.5. The van der Waals surface area contributed by atoms with E-state index in [1.165, 1.54) is 0 Å². The van der Waals surface area contributed by atoms with Crippen molar-refractivity contribution in [3.8, 4) is 0 Å². The normalized spacial score (nSPS) is 26.0. The Labute approximate surface area is 135 Å². The van der Waals surface area contributed by atoms with Crippen LogP contribution in [0.4, 0.5) is 9.93 Å². The summed E-state index contributed by atoms with van der Waals surface area (Å²) >= 11 is 1.58. The number of hydrogen-bond acceptors (Lipinski definition) is 5. The molecule has 0 bridgehead atoms. The molecule has 122 valence electrons. The van der Waals surface area contributed by atoms with E-state index in [2.05, 4.69) is 17.1 Å². The van der Waals surface area contributed by atoms with Crippen molar-refractivity contribution in [1.29, 1.82) is 0 Å². The maximum absolute atomic E-state index is 12.0. The van der Waals surface area contributed by atoms with Gasteiger partial charge in [0.15, 0.2) is 0 Å². The van der Waals surface area contributed by atoms with E-state index in [1.807, 2.05) is 7.05 Å². The number of anilines is 1. The Morgan fingerprint density at radius 1 is 1.23 bits per heavy atom. The molecule has 6 nitrogen and oxygen atoms in total. The largest absolute Gasteiger partial charge is 0.378 e. The predicted molar refractivity (Wildman–Crippen MR) is 86.5 cm³/mol. The second-order valence-electron chi connectivity index (χ2n) is 6.12. The van der Waals surface area contributed by atoms with E-state index in [-0.39, 0.29) is 6.03 Å². The van der Waals surface area contributed by atoms with Gasteiger partial charge in [0.2, 0.25) is 5.13 Å². The topological polar surface area (TPSA) is 58.6 Å². The summed E-state index contributed by atoms with van der Waals surface area (Å²) in [5.41, 5.74) is 0. The van der Waals surface area contributed by atoms with Crippen molar-refractivity contribution in [2.75, 3.05) is 31.6 Å². The summed E-state index contributed by atoms with van der Waals surface area (Å²) in [4.78, 5) is 15.5. The minimum atomic E-state index is 0.0272. The van der Waals surface area contributed by atoms with E-state index >= 15 is 0 Å². The number of rotatable bonds is 5. The van der Waals surface area contributed by atoms with Crippen LogP contribution in [0.1, 0.15) is 50.0 Å². The number of amides is 2. The second-order valence-corrected chi connectivity index (χ2v) is 7.11. The Balaban J connectivity index is 1.57. The van der Waals surface area contributed by atoms with Crippen LogP contribution < -0.4 is 4.90 Å². The van der Waals surface area contributed by atoms with Gasteiger partial charge in [0.1, 0.15) is 5.01 Å². The predicted octanol–water partition coefficient (Wildman–Crippen LogP) is 2.86. The maximum atomic E-state index is 12.0. The molecular formula is C15H24N4O2S. The summed E-state index contributed by atoms with van der Waals surface area (Å²) in [7, 11) is 1.82. The zero-order valence-corrected chi connectivity index (χ0v) is 14.1. The van der Waals surface area contributed by atoms with Gasteiger partial charge in [-0.05, 0) is 32.1 Å². The Morgan fingerprint density at radius 2 is 2.00 bits per heavy atom. The fourth-order valence-corrected chi connectivity index (χ4v) is 4.12. The number of hydrogen-bond donors (Lipinski definition) is 0. The highest BCUT2D eigenvalue weighted by Crippen LogP contribution is 2.37. The molecule has 2 aliphatic rings. The first-order valence-electron chi connectivity index (χ1n) is 8.16. The van der Waals surface area contributed by atoms with E-state index < -0.39 is 0 Å². The standard InChI is InChI=1S/C15H24N4O2S/c1-3-10-21-12-6-4-11(5-7-12)13-16-17-14(22-13)19-9-8-18(2)15(19)20/h11-12H,3-10H2,1-2H3. The number of urea groups is 1. The SMILES string of the molecule is CCCOC1CCC(c2nnc(N3CCN(C)C3=O)s2)CC1. The van der Waals surface area contributed by atoms with Crippen molar-refractivity contribution in [2.45, 2.75) is 51.0 Å². The van der Waals surface area contributed by atoms with Crippen LogP contribution in [0.15, 0.2) is 0 Å². The van der Waals surface area contributed by atoms with E-state index in [4.69, 9.17) is 4.74 Å². The fraction of sp³-hybridized carbons (Fsp3) is 0.800. The van der Waals surface area contributed by atoms with Gasteiger partial charge >= 0.3 is 6.03 Å². The van der Waals surface area contributed by atoms with Crippen LogP contribution in [0.2, 0.25) is 0 Å². The van der Waals surface area contributed by atoms with Crippen LogP contribution in [0.3, 0.4) is 0 Å². The number of aromatic nitrogens is 2. The van der Waals surface area contributed by atoms with Gasteiger partial charge in [0.05, 0.1) is 6.10 Å². The summed E-state index contributed by atoms with van der Waals surface area (Å²) in [6, 6.07) is 0.0272. The zero-order valence-electron chi connectivity index (χ0n) is 13.3. The summed E-state index contributed by atoms with van der Waals surface area (Å²) < 4.78 is 5.84. The average Bonchev–Trinajstić information content (AvgIpc) is 3.14. The van der Waals surface area contributed by atoms with Gasteiger partial charge in [-0.1, -0.05) is 18.3 Å². The molecule has 7 heteroatoms. The number of carbonyl (C=O) groups is 1. The molecule has 0 unspecified atom stereocenters. The van der Waals surface area contributed by atoms with Gasteiger partial charge in [0.25, 0.3) is 0 Å². The highest BCUT2D eigenvalue weighted by Gasteiger charge is 2.31. The van der Waals surface area contributed by atoms with Gasteiger partial charge in [0, 0.05) is 32.7 Å². The molecule has 0 spiro atoms. The molecule has 1 aromatic heterocycles. The van der Waals surface area contributed by atoms with Crippen molar-refractivity contribution in [3.05, 3.63) is 5.01 Å². The molecule has 0 aromatic carbocycles. The Kier molecular flexibility index (Phi) is 4.93. The van der Waals surface area contributed by atoms with E-state index in [0.717, 1.165) is 55.4 Å². The molecule has 1 aromatic rings. The number of nitrogens with zero attached hydrogens (tertiary/aromatic N) is 4. The quantitative estimate of drug-likeness (QED) is 0.835. The molecule has 1 saturated carbocycles. The van der Waals surface area contributed by atoms with Crippen molar-refractivity contribution < 1.29 is 9.53 Å². The van der Waals surface area contributed by atoms with Crippen molar-refractivity contribution in [1.82, 2.24) is 15.1 Å².